The first-order valence-corrected chi connectivity index (χ1v) is 12.1. The second-order valence-electron chi connectivity index (χ2n) is 8.94. The maximum atomic E-state index is 12.5. The Morgan fingerprint density at radius 1 is 1.21 bits per heavy atom. The van der Waals surface area contributed by atoms with E-state index in [1.165, 1.54) is 6.92 Å². The van der Waals surface area contributed by atoms with Gasteiger partial charge in [0.05, 0.1) is 30.6 Å². The van der Waals surface area contributed by atoms with E-state index < -0.39 is 18.2 Å². The zero-order valence-corrected chi connectivity index (χ0v) is 19.9. The van der Waals surface area contributed by atoms with Crippen molar-refractivity contribution in [2.75, 3.05) is 13.2 Å². The van der Waals surface area contributed by atoms with Crippen LogP contribution in [0.5, 0.6) is 0 Å². The fourth-order valence-electron chi connectivity index (χ4n) is 4.49. The van der Waals surface area contributed by atoms with Crippen LogP contribution in [-0.4, -0.2) is 59.5 Å². The molecule has 0 saturated heterocycles. The molecule has 1 aromatic heterocycles. The van der Waals surface area contributed by atoms with E-state index in [-0.39, 0.29) is 30.4 Å². The number of amides is 2. The molecule has 34 heavy (non-hydrogen) atoms. The molecule has 1 aliphatic rings. The molecule has 1 aliphatic carbocycles. The van der Waals surface area contributed by atoms with Crippen LogP contribution in [0.1, 0.15) is 56.3 Å². The van der Waals surface area contributed by atoms with Gasteiger partial charge >= 0.3 is 0 Å². The number of aliphatic hydroxyl groups is 2. The van der Waals surface area contributed by atoms with E-state index in [0.29, 0.717) is 31.4 Å². The summed E-state index contributed by atoms with van der Waals surface area (Å²) in [7, 11) is 0. The van der Waals surface area contributed by atoms with Crippen molar-refractivity contribution in [3.05, 3.63) is 48.2 Å². The number of carbonyl (C=O) groups is 2. The molecule has 1 fully saturated rings. The van der Waals surface area contributed by atoms with Gasteiger partial charge in [0.25, 0.3) is 5.91 Å². The molecule has 4 N–H and O–H groups in total. The van der Waals surface area contributed by atoms with Gasteiger partial charge < -0.3 is 30.0 Å². The molecule has 2 aromatic rings. The number of rotatable bonds is 11. The third-order valence-electron chi connectivity index (χ3n) is 6.31. The minimum atomic E-state index is -0.814. The molecular formula is C26H36N2O6. The van der Waals surface area contributed by atoms with Crippen LogP contribution in [0, 0.1) is 5.92 Å². The summed E-state index contributed by atoms with van der Waals surface area (Å²) in [6, 6.07) is 10.2. The van der Waals surface area contributed by atoms with Crippen molar-refractivity contribution in [1.82, 2.24) is 10.6 Å². The van der Waals surface area contributed by atoms with E-state index in [1.54, 1.807) is 18.4 Å². The van der Waals surface area contributed by atoms with Crippen molar-refractivity contribution in [3.63, 3.8) is 0 Å². The summed E-state index contributed by atoms with van der Waals surface area (Å²) in [5.41, 5.74) is 1.39. The number of furan rings is 1. The first-order chi connectivity index (χ1) is 16.4. The summed E-state index contributed by atoms with van der Waals surface area (Å²) in [5.74, 6) is -0.127. The Labute approximate surface area is 200 Å². The van der Waals surface area contributed by atoms with Gasteiger partial charge in [-0.25, -0.2) is 0 Å². The second kappa shape index (κ2) is 12.7. The van der Waals surface area contributed by atoms with Crippen LogP contribution in [0.25, 0.3) is 11.3 Å². The van der Waals surface area contributed by atoms with Crippen molar-refractivity contribution >= 4 is 11.8 Å². The van der Waals surface area contributed by atoms with E-state index in [4.69, 9.17) is 9.15 Å². The van der Waals surface area contributed by atoms with Crippen molar-refractivity contribution in [2.24, 2.45) is 5.92 Å². The van der Waals surface area contributed by atoms with Gasteiger partial charge in [-0.3, -0.25) is 9.59 Å². The predicted octanol–water partition coefficient (Wildman–Crippen LogP) is 2.89. The molecule has 5 atom stereocenters. The van der Waals surface area contributed by atoms with Gasteiger partial charge in [0.15, 0.2) is 0 Å². The Morgan fingerprint density at radius 3 is 2.62 bits per heavy atom. The molecule has 0 spiro atoms. The molecule has 0 aliphatic heterocycles. The summed E-state index contributed by atoms with van der Waals surface area (Å²) >= 11 is 0. The first-order valence-electron chi connectivity index (χ1n) is 12.1. The molecule has 2 amide bonds. The Kier molecular flexibility index (Phi) is 9.68. The van der Waals surface area contributed by atoms with Gasteiger partial charge in [0, 0.05) is 43.5 Å². The summed E-state index contributed by atoms with van der Waals surface area (Å²) in [6.45, 7) is 4.36. The van der Waals surface area contributed by atoms with Crippen molar-refractivity contribution in [3.8, 4) is 11.3 Å². The second-order valence-corrected chi connectivity index (χ2v) is 8.94. The normalized spacial score (nSPS) is 23.3. The highest BCUT2D eigenvalue weighted by molar-refractivity contribution is 5.94. The summed E-state index contributed by atoms with van der Waals surface area (Å²) in [4.78, 5) is 24.2. The average molecular weight is 473 g/mol. The molecule has 0 radical (unpaired) electrons. The largest absolute Gasteiger partial charge is 0.464 e. The summed E-state index contributed by atoms with van der Waals surface area (Å²) in [6.07, 6.45) is 3.02. The number of hydrogen-bond donors (Lipinski definition) is 4. The van der Waals surface area contributed by atoms with Crippen LogP contribution in [0.4, 0.5) is 0 Å². The van der Waals surface area contributed by atoms with Crippen LogP contribution in [-0.2, 0) is 9.53 Å². The lowest BCUT2D eigenvalue weighted by Crippen LogP contribution is -2.56. The maximum absolute atomic E-state index is 12.5. The van der Waals surface area contributed by atoms with Crippen molar-refractivity contribution in [1.29, 1.82) is 0 Å². The van der Waals surface area contributed by atoms with Gasteiger partial charge in [-0.2, -0.15) is 0 Å². The lowest BCUT2D eigenvalue weighted by atomic mass is 9.76. The van der Waals surface area contributed by atoms with E-state index in [0.717, 1.165) is 24.2 Å². The number of nitrogens with one attached hydrogen (secondary N) is 2. The zero-order chi connectivity index (χ0) is 24.5. The molecule has 4 unspecified atom stereocenters. The monoisotopic (exact) mass is 472 g/mol. The molecule has 1 saturated carbocycles. The average Bonchev–Trinajstić information content (AvgIpc) is 3.35. The third-order valence-corrected chi connectivity index (χ3v) is 6.31. The number of ether oxygens (including phenoxy) is 1. The third kappa shape index (κ3) is 7.16. The molecule has 8 nitrogen and oxygen atoms in total. The fraction of sp³-hybridized carbons (Fsp3) is 0.538. The topological polar surface area (TPSA) is 121 Å². The van der Waals surface area contributed by atoms with Crippen molar-refractivity contribution < 1.29 is 29.0 Å². The minimum Gasteiger partial charge on any atom is -0.464 e. The fourth-order valence-corrected chi connectivity index (χ4v) is 4.49. The number of carbonyl (C=O) groups excluding carboxylic acids is 2. The quantitative estimate of drug-likeness (QED) is 0.373. The molecule has 186 valence electrons. The Hall–Kier alpha value is -2.68. The van der Waals surface area contributed by atoms with E-state index in [9.17, 15) is 19.8 Å². The predicted molar refractivity (Wildman–Crippen MR) is 128 cm³/mol. The first kappa shape index (κ1) is 25.9. The molecule has 1 aromatic carbocycles. The van der Waals surface area contributed by atoms with E-state index in [2.05, 4.69) is 17.6 Å². The lowest BCUT2D eigenvalue weighted by molar-refractivity contribution is -0.125. The Balaban J connectivity index is 1.54. The number of aliphatic hydroxyl groups excluding tert-OH is 2. The van der Waals surface area contributed by atoms with Crippen LogP contribution < -0.4 is 10.6 Å². The number of unbranched alkanes of at least 4 members (excludes halogenated alkanes) is 1. The molecule has 3 rings (SSSR count). The van der Waals surface area contributed by atoms with Crippen LogP contribution in [0.2, 0.25) is 0 Å². The molecule has 0 bridgehead atoms. The van der Waals surface area contributed by atoms with Gasteiger partial charge in [-0.1, -0.05) is 25.5 Å². The lowest BCUT2D eigenvalue weighted by Gasteiger charge is -2.42. The van der Waals surface area contributed by atoms with Gasteiger partial charge in [0.1, 0.15) is 5.76 Å². The number of benzene rings is 1. The summed E-state index contributed by atoms with van der Waals surface area (Å²) < 4.78 is 11.3. The minimum absolute atomic E-state index is 0.173. The molecule has 8 heteroatoms. The highest BCUT2D eigenvalue weighted by atomic mass is 16.5. The highest BCUT2D eigenvalue weighted by Crippen LogP contribution is 2.31. The summed E-state index contributed by atoms with van der Waals surface area (Å²) in [5, 5.41) is 27.2. The van der Waals surface area contributed by atoms with Gasteiger partial charge in [-0.05, 0) is 43.5 Å². The van der Waals surface area contributed by atoms with Gasteiger partial charge in [0.2, 0.25) is 5.91 Å². The van der Waals surface area contributed by atoms with Crippen LogP contribution in [0.3, 0.4) is 0 Å². The number of hydrogen-bond acceptors (Lipinski definition) is 6. The van der Waals surface area contributed by atoms with Crippen molar-refractivity contribution in [2.45, 2.75) is 70.3 Å². The molecular weight excluding hydrogens is 436 g/mol. The Morgan fingerprint density at radius 2 is 1.97 bits per heavy atom. The highest BCUT2D eigenvalue weighted by Gasteiger charge is 2.41. The maximum Gasteiger partial charge on any atom is 0.251 e. The smallest absolute Gasteiger partial charge is 0.251 e. The van der Waals surface area contributed by atoms with E-state index in [1.807, 2.05) is 24.3 Å². The van der Waals surface area contributed by atoms with Crippen LogP contribution >= 0.6 is 0 Å². The van der Waals surface area contributed by atoms with E-state index >= 15 is 0 Å². The van der Waals surface area contributed by atoms with Crippen LogP contribution in [0.15, 0.2) is 47.1 Å². The standard InChI is InChI=1S/C26H36N2O6/c1-3-4-13-33-20-15-21(25(23(31)16-20)28-17(2)29)22(30)11-12-27-26(32)19-9-7-18(8-10-19)24-6-5-14-34-24/h5-10,14,20-23,25,30-31H,3-4,11-13,15-16H2,1-2H3,(H,27,32)(H,28,29)/t20?,21?,22?,23?,25-/m0/s1. The SMILES string of the molecule is CCCCOC1CC(O)[C@@H](NC(C)=O)C(C(O)CCNC(=O)c2ccc(-c3ccco3)cc2)C1. The zero-order valence-electron chi connectivity index (χ0n) is 19.9. The Bertz CT molecular complexity index is 899. The molecule has 1 heterocycles. The van der Waals surface area contributed by atoms with Gasteiger partial charge in [-0.15, -0.1) is 0 Å².